The molecule has 1 fully saturated rings. The van der Waals surface area contributed by atoms with Crippen LogP contribution in [0.1, 0.15) is 141 Å². The summed E-state index contributed by atoms with van der Waals surface area (Å²) in [6, 6.07) is 0. The predicted molar refractivity (Wildman–Crippen MR) is 229 cm³/mol. The normalized spacial score (nSPS) is 13.3. The summed E-state index contributed by atoms with van der Waals surface area (Å²) in [5, 5.41) is 34.3. The van der Waals surface area contributed by atoms with E-state index in [1.807, 2.05) is 13.0 Å². The second-order valence-corrected chi connectivity index (χ2v) is 12.5. The van der Waals surface area contributed by atoms with Crippen molar-refractivity contribution in [2.75, 3.05) is 19.8 Å². The molecule has 0 bridgehead atoms. The third-order valence-corrected chi connectivity index (χ3v) is 5.93. The van der Waals surface area contributed by atoms with Crippen LogP contribution < -0.4 is 0 Å². The number of carbonyl (C=O) groups excluding carboxylic acids is 2. The van der Waals surface area contributed by atoms with Crippen molar-refractivity contribution in [3.8, 4) is 0 Å². The maximum atomic E-state index is 11.3. The average molecular weight is 787 g/mol. The zero-order valence-corrected chi connectivity index (χ0v) is 34.4. The molecule has 0 aliphatic carbocycles. The molecule has 0 radical (unpaired) electrons. The number of hydrogen-bond acceptors (Lipinski definition) is 9. The average Bonchev–Trinajstić information content (AvgIpc) is 3.87. The molecule has 4 unspecified atom stereocenters. The Kier molecular flexibility index (Phi) is 57.9. The SMILES string of the molecule is C.C.C=C(C)CC(O)COC(=O)CC(=O)OCC(O)CC(=C)C.C=C(C)CC1CO1.C=CC(C)CC.CC/C=C/CC.CC/C=C\CC.O=C(O)CC(=O)O. The molecule has 55 heavy (non-hydrogen) atoms. The number of allylic oxidation sites excluding steroid dienone is 5. The summed E-state index contributed by atoms with van der Waals surface area (Å²) < 4.78 is 14.4. The highest BCUT2D eigenvalue weighted by atomic mass is 16.6. The Hall–Kier alpha value is -3.80. The molecule has 0 aromatic rings. The Morgan fingerprint density at radius 2 is 1.02 bits per heavy atom. The number of hydrogen-bond donors (Lipinski definition) is 4. The highest BCUT2D eigenvalue weighted by Gasteiger charge is 2.21. The van der Waals surface area contributed by atoms with Gasteiger partial charge in [0.1, 0.15) is 26.1 Å². The van der Waals surface area contributed by atoms with Crippen LogP contribution in [0.25, 0.3) is 0 Å². The number of aliphatic carboxylic acids is 2. The third-order valence-electron chi connectivity index (χ3n) is 5.93. The zero-order chi connectivity index (χ0) is 42.2. The van der Waals surface area contributed by atoms with Gasteiger partial charge < -0.3 is 34.6 Å². The van der Waals surface area contributed by atoms with Gasteiger partial charge in [-0.05, 0) is 71.6 Å². The predicted octanol–water partition coefficient (Wildman–Crippen LogP) is 10.2. The molecule has 324 valence electrons. The maximum Gasteiger partial charge on any atom is 0.317 e. The summed E-state index contributed by atoms with van der Waals surface area (Å²) in [6.45, 7) is 33.6. The van der Waals surface area contributed by atoms with Crippen LogP contribution in [-0.4, -0.2) is 82.4 Å². The van der Waals surface area contributed by atoms with Crippen molar-refractivity contribution >= 4 is 23.9 Å². The second-order valence-electron chi connectivity index (χ2n) is 12.5. The molecule has 1 rings (SSSR count). The van der Waals surface area contributed by atoms with Crippen molar-refractivity contribution in [3.05, 3.63) is 73.4 Å². The highest BCUT2D eigenvalue weighted by molar-refractivity contribution is 5.91. The zero-order valence-electron chi connectivity index (χ0n) is 34.4. The summed E-state index contributed by atoms with van der Waals surface area (Å²) >= 11 is 0. The molecule has 1 aliphatic heterocycles. The molecular weight excluding hydrogens is 704 g/mol. The molecule has 1 heterocycles. The highest BCUT2D eigenvalue weighted by Crippen LogP contribution is 2.16. The Bertz CT molecular complexity index is 982. The van der Waals surface area contributed by atoms with Crippen molar-refractivity contribution in [3.63, 3.8) is 0 Å². The number of rotatable bonds is 20. The van der Waals surface area contributed by atoms with Gasteiger partial charge in [0.25, 0.3) is 0 Å². The molecule has 1 saturated heterocycles. The van der Waals surface area contributed by atoms with Crippen LogP contribution in [0.5, 0.6) is 0 Å². The maximum absolute atomic E-state index is 11.3. The Labute approximate surface area is 335 Å². The number of aliphatic hydroxyl groups excluding tert-OH is 2. The lowest BCUT2D eigenvalue weighted by Gasteiger charge is -2.12. The van der Waals surface area contributed by atoms with Crippen LogP contribution in [0.2, 0.25) is 0 Å². The number of carboxylic acid groups (broad SMARTS) is 2. The van der Waals surface area contributed by atoms with E-state index in [1.54, 1.807) is 13.8 Å². The number of epoxide rings is 1. The van der Waals surface area contributed by atoms with E-state index in [0.29, 0.717) is 24.9 Å². The molecule has 0 amide bonds. The quantitative estimate of drug-likeness (QED) is 0.0399. The van der Waals surface area contributed by atoms with E-state index in [0.717, 1.165) is 24.2 Å². The van der Waals surface area contributed by atoms with Crippen LogP contribution in [0, 0.1) is 5.92 Å². The summed E-state index contributed by atoms with van der Waals surface area (Å²) in [5.41, 5.74) is 2.76. The number of ether oxygens (including phenoxy) is 3. The smallest absolute Gasteiger partial charge is 0.317 e. The monoisotopic (exact) mass is 787 g/mol. The molecule has 0 saturated carbocycles. The van der Waals surface area contributed by atoms with Crippen LogP contribution in [-0.2, 0) is 33.4 Å². The van der Waals surface area contributed by atoms with Crippen LogP contribution in [0.3, 0.4) is 0 Å². The molecule has 11 nitrogen and oxygen atoms in total. The first-order valence-electron chi connectivity index (χ1n) is 18.3. The Morgan fingerprint density at radius 1 is 0.691 bits per heavy atom. The van der Waals surface area contributed by atoms with Crippen molar-refractivity contribution in [1.29, 1.82) is 0 Å². The van der Waals surface area contributed by atoms with E-state index in [4.69, 9.17) is 24.4 Å². The van der Waals surface area contributed by atoms with Gasteiger partial charge in [0, 0.05) is 0 Å². The van der Waals surface area contributed by atoms with Gasteiger partial charge in [0.05, 0.1) is 24.9 Å². The van der Waals surface area contributed by atoms with E-state index in [9.17, 15) is 29.4 Å². The minimum atomic E-state index is -1.31. The van der Waals surface area contributed by atoms with Crippen LogP contribution in [0.15, 0.2) is 73.4 Å². The van der Waals surface area contributed by atoms with Gasteiger partial charge in [-0.25, -0.2) is 0 Å². The van der Waals surface area contributed by atoms with E-state index in [-0.39, 0.29) is 28.1 Å². The number of esters is 2. The molecule has 0 spiro atoms. The number of aliphatic hydroxyl groups is 2. The fourth-order valence-corrected chi connectivity index (χ4v) is 3.06. The van der Waals surface area contributed by atoms with Gasteiger partial charge >= 0.3 is 23.9 Å². The topological polar surface area (TPSA) is 180 Å². The second kappa shape index (κ2) is 48.2. The lowest BCUT2D eigenvalue weighted by molar-refractivity contribution is -0.158. The van der Waals surface area contributed by atoms with Gasteiger partial charge in [-0.1, -0.05) is 110 Å². The minimum Gasteiger partial charge on any atom is -0.481 e. The van der Waals surface area contributed by atoms with E-state index in [2.05, 4.69) is 92.2 Å². The largest absolute Gasteiger partial charge is 0.481 e. The van der Waals surface area contributed by atoms with E-state index in [1.165, 1.54) is 37.7 Å². The first-order valence-corrected chi connectivity index (χ1v) is 18.3. The number of carboxylic acids is 2. The lowest BCUT2D eigenvalue weighted by atomic mass is 10.1. The van der Waals surface area contributed by atoms with Crippen molar-refractivity contribution in [1.82, 2.24) is 0 Å². The van der Waals surface area contributed by atoms with Crippen LogP contribution in [0.4, 0.5) is 0 Å². The summed E-state index contributed by atoms with van der Waals surface area (Å²) in [5.74, 6) is -3.49. The molecule has 1 aliphatic rings. The number of carbonyl (C=O) groups is 4. The first kappa shape index (κ1) is 66.0. The third kappa shape index (κ3) is 75.9. The van der Waals surface area contributed by atoms with Gasteiger partial charge in [-0.3, -0.25) is 19.2 Å². The summed E-state index contributed by atoms with van der Waals surface area (Å²) in [7, 11) is 0. The van der Waals surface area contributed by atoms with E-state index < -0.39 is 48.9 Å². The molecule has 4 atom stereocenters. The molecular formula is C44H82O11. The molecule has 0 aromatic carbocycles. The van der Waals surface area contributed by atoms with E-state index >= 15 is 0 Å². The first-order chi connectivity index (χ1) is 24.8. The Balaban J connectivity index is -0.000000112. The lowest BCUT2D eigenvalue weighted by Crippen LogP contribution is -2.23. The van der Waals surface area contributed by atoms with Gasteiger partial charge in [-0.15, -0.1) is 26.3 Å². The van der Waals surface area contributed by atoms with Gasteiger partial charge in [0.2, 0.25) is 0 Å². The molecule has 4 N–H and O–H groups in total. The summed E-state index contributed by atoms with van der Waals surface area (Å²) in [4.78, 5) is 41.5. The fraction of sp³-hybridized carbons (Fsp3) is 0.636. The Morgan fingerprint density at radius 3 is 1.16 bits per heavy atom. The van der Waals surface area contributed by atoms with Gasteiger partial charge in [-0.2, -0.15) is 0 Å². The van der Waals surface area contributed by atoms with Gasteiger partial charge in [0.15, 0.2) is 0 Å². The molecule has 11 heteroatoms. The standard InChI is InChI=1S/C15H24O6.C6H10O.3C6H12.C3H4O4.2CH4/c1-10(2)5-12(16)8-20-14(18)7-15(19)21-9-13(17)6-11(3)4;1-5(2)3-6-4-7-6;1-4-6(3)5-2;2*1-3-5-6-4-2;4-2(5)1-3(6)7;;/h12-13,16-17H,1,3,5-9H2,2,4H3;6H,1,3-4H2,2H3;4,6H,1,5H2,2-3H3;2*5-6H,3-4H2,1-2H3;1H2,(H,4,5)(H,6,7);2*1H4/b;;;6-5+;6-5-;;;. The van der Waals surface area contributed by atoms with Crippen molar-refractivity contribution in [2.45, 2.75) is 160 Å². The minimum absolute atomic E-state index is 0. The van der Waals surface area contributed by atoms with Crippen molar-refractivity contribution < 1.29 is 53.8 Å². The fourth-order valence-electron chi connectivity index (χ4n) is 3.06. The van der Waals surface area contributed by atoms with Crippen molar-refractivity contribution in [2.24, 2.45) is 5.92 Å². The molecule has 0 aromatic heterocycles. The summed E-state index contributed by atoms with van der Waals surface area (Å²) in [6.07, 6.45) is 15.8. The van der Waals surface area contributed by atoms with Crippen LogP contribution >= 0.6 is 0 Å².